The molecule has 0 spiro atoms. The van der Waals surface area contributed by atoms with E-state index in [-0.39, 0.29) is 31.8 Å². The van der Waals surface area contributed by atoms with Crippen molar-refractivity contribution in [2.75, 3.05) is 26.5 Å². The van der Waals surface area contributed by atoms with E-state index >= 15 is 0 Å². The van der Waals surface area contributed by atoms with E-state index in [0.717, 1.165) is 11.3 Å². The Balaban J connectivity index is 1.35. The minimum absolute atomic E-state index is 0.0345. The Morgan fingerprint density at radius 2 is 2.19 bits per heavy atom. The van der Waals surface area contributed by atoms with Gasteiger partial charge in [0, 0.05) is 25.2 Å². The van der Waals surface area contributed by atoms with Gasteiger partial charge in [-0.1, -0.05) is 6.07 Å². The van der Waals surface area contributed by atoms with Crippen molar-refractivity contribution in [3.63, 3.8) is 0 Å². The monoisotopic (exact) mass is 356 g/mol. The molecule has 2 atom stereocenters. The van der Waals surface area contributed by atoms with Gasteiger partial charge in [0.1, 0.15) is 5.75 Å². The molecule has 7 heteroatoms. The lowest BCUT2D eigenvalue weighted by atomic mass is 9.87. The molecule has 2 aliphatic rings. The number of fused-ring (bicyclic) bond motifs is 1. The van der Waals surface area contributed by atoms with Crippen LogP contribution in [0.5, 0.6) is 17.2 Å². The zero-order valence-electron chi connectivity index (χ0n) is 14.2. The average molecular weight is 356 g/mol. The molecule has 0 bridgehead atoms. The summed E-state index contributed by atoms with van der Waals surface area (Å²) in [6, 6.07) is 9.23. The van der Waals surface area contributed by atoms with Crippen molar-refractivity contribution < 1.29 is 24.1 Å². The van der Waals surface area contributed by atoms with E-state index in [9.17, 15) is 9.90 Å². The molecule has 1 saturated heterocycles. The molecule has 136 valence electrons. The summed E-state index contributed by atoms with van der Waals surface area (Å²) in [6.07, 6.45) is 3.26. The maximum Gasteiger partial charge on any atom is 0.260 e. The number of rotatable bonds is 4. The van der Waals surface area contributed by atoms with E-state index in [4.69, 9.17) is 14.2 Å². The van der Waals surface area contributed by atoms with E-state index < -0.39 is 6.10 Å². The Kier molecular flexibility index (Phi) is 4.62. The highest BCUT2D eigenvalue weighted by atomic mass is 16.7. The smallest absolute Gasteiger partial charge is 0.260 e. The van der Waals surface area contributed by atoms with Gasteiger partial charge >= 0.3 is 0 Å². The summed E-state index contributed by atoms with van der Waals surface area (Å²) >= 11 is 0. The van der Waals surface area contributed by atoms with Gasteiger partial charge in [0.05, 0.1) is 12.3 Å². The molecule has 26 heavy (non-hydrogen) atoms. The number of likely N-dealkylation sites (tertiary alicyclic amines) is 1. The molecule has 3 heterocycles. The highest BCUT2D eigenvalue weighted by Crippen LogP contribution is 2.37. The Bertz CT molecular complexity index is 783. The summed E-state index contributed by atoms with van der Waals surface area (Å²) in [5.74, 6) is 1.81. The molecule has 0 radical (unpaired) electrons. The van der Waals surface area contributed by atoms with Crippen molar-refractivity contribution in [2.45, 2.75) is 18.4 Å². The summed E-state index contributed by atoms with van der Waals surface area (Å²) in [4.78, 5) is 17.9. The number of aliphatic hydroxyl groups is 1. The van der Waals surface area contributed by atoms with Gasteiger partial charge in [-0.3, -0.25) is 9.78 Å². The lowest BCUT2D eigenvalue weighted by Crippen LogP contribution is -2.47. The molecule has 7 nitrogen and oxygen atoms in total. The van der Waals surface area contributed by atoms with Crippen LogP contribution in [0.15, 0.2) is 42.7 Å². The standard InChI is InChI=1S/C19H20N2O5/c22-16-10-21(19(23)11-24-14-2-1-6-20-9-14)7-5-15(16)13-3-4-17-18(8-13)26-12-25-17/h1-4,6,8-9,15-16,22H,5,7,10-12H2/t15-,16+/m0/s1. The fraction of sp³-hybridized carbons (Fsp3) is 0.368. The minimum atomic E-state index is -0.633. The second kappa shape index (κ2) is 7.21. The predicted octanol–water partition coefficient (Wildman–Crippen LogP) is 1.57. The first kappa shape index (κ1) is 16.7. The molecule has 4 rings (SSSR count). The number of amides is 1. The number of piperidine rings is 1. The van der Waals surface area contributed by atoms with Crippen molar-refractivity contribution in [3.8, 4) is 17.2 Å². The lowest BCUT2D eigenvalue weighted by molar-refractivity contribution is -0.136. The van der Waals surface area contributed by atoms with Crippen LogP contribution in [-0.4, -0.2) is 53.5 Å². The molecule has 2 aliphatic heterocycles. The van der Waals surface area contributed by atoms with Crippen molar-refractivity contribution in [1.29, 1.82) is 0 Å². The molecule has 1 amide bonds. The highest BCUT2D eigenvalue weighted by molar-refractivity contribution is 5.78. The number of nitrogens with zero attached hydrogens (tertiary/aromatic N) is 2. The summed E-state index contributed by atoms with van der Waals surface area (Å²) in [5.41, 5.74) is 1.00. The van der Waals surface area contributed by atoms with Gasteiger partial charge in [-0.15, -0.1) is 0 Å². The van der Waals surface area contributed by atoms with Crippen molar-refractivity contribution in [1.82, 2.24) is 9.88 Å². The van der Waals surface area contributed by atoms with Gasteiger partial charge < -0.3 is 24.2 Å². The number of aromatic nitrogens is 1. The number of aliphatic hydroxyl groups excluding tert-OH is 1. The molecule has 0 saturated carbocycles. The number of benzene rings is 1. The molecule has 1 N–H and O–H groups in total. The molecule has 0 unspecified atom stereocenters. The average Bonchev–Trinajstić information content (AvgIpc) is 3.14. The molecule has 1 aromatic carbocycles. The second-order valence-electron chi connectivity index (χ2n) is 6.39. The van der Waals surface area contributed by atoms with Crippen molar-refractivity contribution in [3.05, 3.63) is 48.3 Å². The van der Waals surface area contributed by atoms with Crippen LogP contribution in [0.25, 0.3) is 0 Å². The van der Waals surface area contributed by atoms with Gasteiger partial charge in [-0.2, -0.15) is 0 Å². The summed E-state index contributed by atoms with van der Waals surface area (Å²) < 4.78 is 16.2. The first-order valence-corrected chi connectivity index (χ1v) is 8.59. The third kappa shape index (κ3) is 3.43. The van der Waals surface area contributed by atoms with Gasteiger partial charge in [0.25, 0.3) is 5.91 Å². The number of hydrogen-bond acceptors (Lipinski definition) is 6. The van der Waals surface area contributed by atoms with Crippen LogP contribution in [0.3, 0.4) is 0 Å². The number of pyridine rings is 1. The van der Waals surface area contributed by atoms with Crippen LogP contribution < -0.4 is 14.2 Å². The van der Waals surface area contributed by atoms with Crippen LogP contribution in [-0.2, 0) is 4.79 Å². The first-order valence-electron chi connectivity index (χ1n) is 8.59. The Hall–Kier alpha value is -2.80. The SMILES string of the molecule is O=C(COc1cccnc1)N1CC[C@@H](c2ccc3c(c2)OCO3)[C@H](O)C1. The quantitative estimate of drug-likeness (QED) is 0.896. The Labute approximate surface area is 151 Å². The zero-order chi connectivity index (χ0) is 17.9. The van der Waals surface area contributed by atoms with E-state index in [0.29, 0.717) is 24.5 Å². The molecule has 2 aromatic rings. The van der Waals surface area contributed by atoms with E-state index in [1.165, 1.54) is 0 Å². The van der Waals surface area contributed by atoms with Crippen LogP contribution >= 0.6 is 0 Å². The number of β-amino-alcohol motifs (C(OH)–C–C–N with tert-alkyl or cyclic N) is 1. The van der Waals surface area contributed by atoms with Crippen LogP contribution in [0.4, 0.5) is 0 Å². The van der Waals surface area contributed by atoms with Gasteiger partial charge in [0.2, 0.25) is 6.79 Å². The zero-order valence-corrected chi connectivity index (χ0v) is 14.2. The molecular formula is C19H20N2O5. The van der Waals surface area contributed by atoms with Crippen LogP contribution in [0, 0.1) is 0 Å². The van der Waals surface area contributed by atoms with E-state index in [1.807, 2.05) is 18.2 Å². The van der Waals surface area contributed by atoms with E-state index in [2.05, 4.69) is 4.98 Å². The second-order valence-corrected chi connectivity index (χ2v) is 6.39. The Morgan fingerprint density at radius 1 is 1.31 bits per heavy atom. The molecular weight excluding hydrogens is 336 g/mol. The predicted molar refractivity (Wildman–Crippen MR) is 92.2 cm³/mol. The van der Waals surface area contributed by atoms with Gasteiger partial charge in [-0.25, -0.2) is 0 Å². The minimum Gasteiger partial charge on any atom is -0.482 e. The third-order valence-corrected chi connectivity index (χ3v) is 4.76. The Morgan fingerprint density at radius 3 is 3.00 bits per heavy atom. The molecule has 1 aromatic heterocycles. The number of carbonyl (C=O) groups is 1. The number of hydrogen-bond donors (Lipinski definition) is 1. The molecule has 0 aliphatic carbocycles. The molecule has 1 fully saturated rings. The largest absolute Gasteiger partial charge is 0.482 e. The summed E-state index contributed by atoms with van der Waals surface area (Å²) in [6.45, 7) is 1.03. The number of ether oxygens (including phenoxy) is 3. The van der Waals surface area contributed by atoms with Crippen molar-refractivity contribution in [2.24, 2.45) is 0 Å². The first-order chi connectivity index (χ1) is 12.7. The van der Waals surface area contributed by atoms with Crippen molar-refractivity contribution >= 4 is 5.91 Å². The highest BCUT2D eigenvalue weighted by Gasteiger charge is 2.32. The van der Waals surface area contributed by atoms with Crippen LogP contribution in [0.1, 0.15) is 17.9 Å². The fourth-order valence-electron chi connectivity index (χ4n) is 3.36. The van der Waals surface area contributed by atoms with E-state index in [1.54, 1.807) is 29.4 Å². The van der Waals surface area contributed by atoms with Crippen LogP contribution in [0.2, 0.25) is 0 Å². The number of carbonyl (C=O) groups excluding carboxylic acids is 1. The van der Waals surface area contributed by atoms with Gasteiger partial charge in [-0.05, 0) is 36.2 Å². The summed E-state index contributed by atoms with van der Waals surface area (Å²) in [5, 5.41) is 10.6. The van der Waals surface area contributed by atoms with Gasteiger partial charge in [0.15, 0.2) is 18.1 Å². The maximum atomic E-state index is 12.3. The normalized spacial score (nSPS) is 21.5. The lowest BCUT2D eigenvalue weighted by Gasteiger charge is -2.36. The maximum absolute atomic E-state index is 12.3. The summed E-state index contributed by atoms with van der Waals surface area (Å²) in [7, 11) is 0. The topological polar surface area (TPSA) is 81.1 Å². The fourth-order valence-corrected chi connectivity index (χ4v) is 3.36. The third-order valence-electron chi connectivity index (χ3n) is 4.76.